The maximum Gasteiger partial charge on any atom is 0.335 e. The quantitative estimate of drug-likeness (QED) is 0.887. The van der Waals surface area contributed by atoms with Crippen molar-refractivity contribution in [3.8, 4) is 0 Å². The molecule has 4 nitrogen and oxygen atoms in total. The van der Waals surface area contributed by atoms with Gasteiger partial charge in [-0.05, 0) is 48.9 Å². The fraction of sp³-hybridized carbons (Fsp3) is 0.467. The highest BCUT2D eigenvalue weighted by Crippen LogP contribution is 2.48. The smallest absolute Gasteiger partial charge is 0.335 e. The number of amides is 1. The van der Waals surface area contributed by atoms with Crippen molar-refractivity contribution >= 4 is 11.9 Å². The first kappa shape index (κ1) is 12.2. The van der Waals surface area contributed by atoms with Gasteiger partial charge in [0.2, 0.25) is 0 Å². The van der Waals surface area contributed by atoms with Gasteiger partial charge in [-0.15, -0.1) is 0 Å². The molecule has 4 heteroatoms. The molecule has 0 aromatic heterocycles. The molecule has 3 rings (SSSR count). The van der Waals surface area contributed by atoms with E-state index in [0.717, 1.165) is 19.5 Å². The monoisotopic (exact) mass is 259 g/mol. The summed E-state index contributed by atoms with van der Waals surface area (Å²) in [7, 11) is 0. The highest BCUT2D eigenvalue weighted by Gasteiger charge is 2.44. The number of benzene rings is 1. The predicted molar refractivity (Wildman–Crippen MR) is 70.2 cm³/mol. The lowest BCUT2D eigenvalue weighted by Crippen LogP contribution is -2.35. The second-order valence-electron chi connectivity index (χ2n) is 5.71. The minimum Gasteiger partial charge on any atom is -0.478 e. The summed E-state index contributed by atoms with van der Waals surface area (Å²) in [5, 5.41) is 8.84. The summed E-state index contributed by atoms with van der Waals surface area (Å²) in [4.78, 5) is 25.0. The molecule has 2 fully saturated rings. The molecule has 1 heterocycles. The fourth-order valence-corrected chi connectivity index (χ4v) is 3.13. The molecule has 1 aromatic carbocycles. The third-order valence-corrected chi connectivity index (χ3v) is 4.52. The number of nitrogens with zero attached hydrogens (tertiary/aromatic N) is 1. The number of carboxylic acids is 1. The number of hydrogen-bond donors (Lipinski definition) is 1. The van der Waals surface area contributed by atoms with Gasteiger partial charge in [-0.1, -0.05) is 6.42 Å². The zero-order valence-electron chi connectivity index (χ0n) is 10.8. The zero-order valence-corrected chi connectivity index (χ0v) is 10.8. The molecular formula is C15H17NO3. The Morgan fingerprint density at radius 1 is 1.05 bits per heavy atom. The molecule has 1 amide bonds. The molecular weight excluding hydrogens is 242 g/mol. The Bertz CT molecular complexity index is 517. The number of carbonyl (C=O) groups is 2. The van der Waals surface area contributed by atoms with E-state index in [1.54, 1.807) is 12.1 Å². The second-order valence-corrected chi connectivity index (χ2v) is 5.71. The van der Waals surface area contributed by atoms with Gasteiger partial charge in [0.1, 0.15) is 0 Å². The standard InChI is InChI=1S/C15H17NO3/c17-13(11-2-4-12(5-3-11)14(18)19)16-9-8-15(10-16)6-1-7-15/h2-5H,1,6-10H2,(H,18,19). The molecule has 19 heavy (non-hydrogen) atoms. The van der Waals surface area contributed by atoms with Crippen LogP contribution in [0.15, 0.2) is 24.3 Å². The van der Waals surface area contributed by atoms with Gasteiger partial charge in [0.05, 0.1) is 5.56 Å². The third-order valence-electron chi connectivity index (χ3n) is 4.52. The van der Waals surface area contributed by atoms with E-state index in [-0.39, 0.29) is 11.5 Å². The van der Waals surface area contributed by atoms with Crippen molar-refractivity contribution in [3.05, 3.63) is 35.4 Å². The van der Waals surface area contributed by atoms with Gasteiger partial charge in [0, 0.05) is 18.7 Å². The Morgan fingerprint density at radius 3 is 2.16 bits per heavy atom. The third kappa shape index (κ3) is 2.11. The van der Waals surface area contributed by atoms with Crippen LogP contribution in [0.3, 0.4) is 0 Å². The van der Waals surface area contributed by atoms with Crippen LogP contribution in [0.1, 0.15) is 46.4 Å². The molecule has 1 saturated heterocycles. The Kier molecular flexibility index (Phi) is 2.81. The van der Waals surface area contributed by atoms with E-state index in [2.05, 4.69) is 0 Å². The average Bonchev–Trinajstić information content (AvgIpc) is 2.83. The molecule has 1 N–H and O–H groups in total. The number of hydrogen-bond acceptors (Lipinski definition) is 2. The lowest BCUT2D eigenvalue weighted by Gasteiger charge is -2.37. The number of likely N-dealkylation sites (tertiary alicyclic amines) is 1. The van der Waals surface area contributed by atoms with Crippen LogP contribution in [-0.2, 0) is 0 Å². The number of carbonyl (C=O) groups excluding carboxylic acids is 1. The Morgan fingerprint density at radius 2 is 1.68 bits per heavy atom. The van der Waals surface area contributed by atoms with E-state index in [4.69, 9.17) is 5.11 Å². The molecule has 100 valence electrons. The first-order valence-corrected chi connectivity index (χ1v) is 6.72. The van der Waals surface area contributed by atoms with Crippen molar-refractivity contribution in [2.24, 2.45) is 5.41 Å². The summed E-state index contributed by atoms with van der Waals surface area (Å²) in [5.41, 5.74) is 1.20. The van der Waals surface area contributed by atoms with E-state index in [0.29, 0.717) is 11.0 Å². The van der Waals surface area contributed by atoms with E-state index in [1.807, 2.05) is 4.90 Å². The van der Waals surface area contributed by atoms with E-state index >= 15 is 0 Å². The minimum absolute atomic E-state index is 0.0284. The molecule has 1 saturated carbocycles. The highest BCUT2D eigenvalue weighted by atomic mass is 16.4. The Balaban J connectivity index is 1.72. The summed E-state index contributed by atoms with van der Waals surface area (Å²) in [6.45, 7) is 1.70. The van der Waals surface area contributed by atoms with Crippen LogP contribution >= 0.6 is 0 Å². The van der Waals surface area contributed by atoms with Gasteiger partial charge >= 0.3 is 5.97 Å². The van der Waals surface area contributed by atoms with Crippen LogP contribution in [0.5, 0.6) is 0 Å². The summed E-state index contributed by atoms with van der Waals surface area (Å²) in [6.07, 6.45) is 4.89. The molecule has 1 aliphatic heterocycles. The molecule has 0 radical (unpaired) electrons. The topological polar surface area (TPSA) is 57.6 Å². The van der Waals surface area contributed by atoms with Crippen LogP contribution < -0.4 is 0 Å². The molecule has 1 spiro atoms. The summed E-state index contributed by atoms with van der Waals surface area (Å²) < 4.78 is 0. The van der Waals surface area contributed by atoms with Gasteiger partial charge in [0.25, 0.3) is 5.91 Å². The Labute approximate surface area is 112 Å². The predicted octanol–water partition coefficient (Wildman–Crippen LogP) is 2.40. The number of carboxylic acid groups (broad SMARTS) is 1. The van der Waals surface area contributed by atoms with Crippen molar-refractivity contribution in [2.45, 2.75) is 25.7 Å². The molecule has 2 aliphatic rings. The number of rotatable bonds is 2. The van der Waals surface area contributed by atoms with Gasteiger partial charge in [0.15, 0.2) is 0 Å². The highest BCUT2D eigenvalue weighted by molar-refractivity contribution is 5.96. The lowest BCUT2D eigenvalue weighted by molar-refractivity contribution is 0.0693. The van der Waals surface area contributed by atoms with Crippen LogP contribution in [0.4, 0.5) is 0 Å². The van der Waals surface area contributed by atoms with E-state index in [1.165, 1.54) is 31.4 Å². The van der Waals surface area contributed by atoms with Gasteiger partial charge in [-0.25, -0.2) is 4.79 Å². The van der Waals surface area contributed by atoms with Gasteiger partial charge in [-0.3, -0.25) is 4.79 Å². The van der Waals surface area contributed by atoms with Crippen LogP contribution in [0.25, 0.3) is 0 Å². The largest absolute Gasteiger partial charge is 0.478 e. The van der Waals surface area contributed by atoms with Crippen molar-refractivity contribution in [2.75, 3.05) is 13.1 Å². The SMILES string of the molecule is O=C(O)c1ccc(C(=O)N2CCC3(CCC3)C2)cc1. The molecule has 1 aliphatic carbocycles. The fourth-order valence-electron chi connectivity index (χ4n) is 3.13. The van der Waals surface area contributed by atoms with Gasteiger partial charge in [-0.2, -0.15) is 0 Å². The number of aromatic carboxylic acids is 1. The lowest BCUT2D eigenvalue weighted by atomic mass is 9.68. The summed E-state index contributed by atoms with van der Waals surface area (Å²) in [5.74, 6) is -0.936. The van der Waals surface area contributed by atoms with Crippen molar-refractivity contribution in [1.82, 2.24) is 4.90 Å². The maximum absolute atomic E-state index is 12.3. The summed E-state index contributed by atoms with van der Waals surface area (Å²) in [6, 6.07) is 6.20. The minimum atomic E-state index is -0.964. The average molecular weight is 259 g/mol. The first-order valence-electron chi connectivity index (χ1n) is 6.72. The maximum atomic E-state index is 12.3. The normalized spacial score (nSPS) is 20.3. The first-order chi connectivity index (χ1) is 9.10. The van der Waals surface area contributed by atoms with Crippen LogP contribution in [-0.4, -0.2) is 35.0 Å². The van der Waals surface area contributed by atoms with Crippen molar-refractivity contribution < 1.29 is 14.7 Å². The van der Waals surface area contributed by atoms with Gasteiger partial charge < -0.3 is 10.0 Å². The zero-order chi connectivity index (χ0) is 13.5. The summed E-state index contributed by atoms with van der Waals surface area (Å²) >= 11 is 0. The molecule has 0 unspecified atom stereocenters. The van der Waals surface area contributed by atoms with E-state index in [9.17, 15) is 9.59 Å². The van der Waals surface area contributed by atoms with Crippen molar-refractivity contribution in [1.29, 1.82) is 0 Å². The molecule has 0 bridgehead atoms. The molecule has 1 aromatic rings. The molecule has 0 atom stereocenters. The second kappa shape index (κ2) is 4.37. The van der Waals surface area contributed by atoms with Crippen LogP contribution in [0.2, 0.25) is 0 Å². The van der Waals surface area contributed by atoms with E-state index < -0.39 is 5.97 Å². The van der Waals surface area contributed by atoms with Crippen molar-refractivity contribution in [3.63, 3.8) is 0 Å². The van der Waals surface area contributed by atoms with Crippen LogP contribution in [0, 0.1) is 5.41 Å². The Hall–Kier alpha value is -1.84.